The molecule has 3 N–H and O–H groups in total. The number of aromatic amines is 1. The van der Waals surface area contributed by atoms with Crippen LogP contribution in [0.1, 0.15) is 0 Å². The molecular formula is C10H9N3OS. The number of rotatable bonds is 2. The summed E-state index contributed by atoms with van der Waals surface area (Å²) in [5, 5.41) is 0. The van der Waals surface area contributed by atoms with Crippen LogP contribution < -0.4 is 11.4 Å². The van der Waals surface area contributed by atoms with Crippen LogP contribution in [0.2, 0.25) is 0 Å². The lowest BCUT2D eigenvalue weighted by atomic mass is 10.4. The quantitative estimate of drug-likeness (QED) is 0.803. The van der Waals surface area contributed by atoms with Crippen LogP contribution in [0.15, 0.2) is 51.1 Å². The molecule has 0 radical (unpaired) electrons. The third kappa shape index (κ3) is 2.38. The van der Waals surface area contributed by atoms with Crippen molar-refractivity contribution in [2.75, 3.05) is 5.73 Å². The second-order valence-electron chi connectivity index (χ2n) is 2.88. The topological polar surface area (TPSA) is 71.8 Å². The normalized spacial score (nSPS) is 10.1. The Kier molecular flexibility index (Phi) is 2.73. The summed E-state index contributed by atoms with van der Waals surface area (Å²) in [5.41, 5.74) is 5.23. The first-order valence-electron chi connectivity index (χ1n) is 4.33. The third-order valence-corrected chi connectivity index (χ3v) is 2.83. The monoisotopic (exact) mass is 219 g/mol. The summed E-state index contributed by atoms with van der Waals surface area (Å²) >= 11 is 1.47. The molecule has 0 bridgehead atoms. The van der Waals surface area contributed by atoms with E-state index in [4.69, 9.17) is 5.73 Å². The Bertz CT molecular complexity index is 510. The lowest BCUT2D eigenvalue weighted by Gasteiger charge is -2.02. The van der Waals surface area contributed by atoms with Gasteiger partial charge in [0, 0.05) is 4.90 Å². The van der Waals surface area contributed by atoms with Gasteiger partial charge in [0.2, 0.25) is 0 Å². The molecule has 15 heavy (non-hydrogen) atoms. The highest BCUT2D eigenvalue weighted by molar-refractivity contribution is 7.99. The van der Waals surface area contributed by atoms with Crippen LogP contribution in [0.3, 0.4) is 0 Å². The summed E-state index contributed by atoms with van der Waals surface area (Å²) in [6, 6.07) is 9.76. The number of anilines is 1. The molecule has 2 aromatic rings. The van der Waals surface area contributed by atoms with Crippen molar-refractivity contribution in [3.8, 4) is 0 Å². The van der Waals surface area contributed by atoms with Crippen LogP contribution in [-0.4, -0.2) is 9.97 Å². The first kappa shape index (κ1) is 9.79. The number of H-pyrrole nitrogens is 1. The summed E-state index contributed by atoms with van der Waals surface area (Å²) < 4.78 is 0. The van der Waals surface area contributed by atoms with E-state index in [1.807, 2.05) is 30.3 Å². The van der Waals surface area contributed by atoms with Crippen LogP contribution in [0, 0.1) is 0 Å². The zero-order valence-electron chi connectivity index (χ0n) is 7.81. The predicted molar refractivity (Wildman–Crippen MR) is 59.8 cm³/mol. The molecule has 0 spiro atoms. The molecule has 1 aromatic carbocycles. The van der Waals surface area contributed by atoms with Crippen LogP contribution >= 0.6 is 11.8 Å². The Balaban J connectivity index is 2.29. The van der Waals surface area contributed by atoms with E-state index in [1.165, 1.54) is 18.0 Å². The van der Waals surface area contributed by atoms with Crippen molar-refractivity contribution in [2.24, 2.45) is 0 Å². The van der Waals surface area contributed by atoms with Crippen LogP contribution in [0.5, 0.6) is 0 Å². The fourth-order valence-corrected chi connectivity index (χ4v) is 1.91. The van der Waals surface area contributed by atoms with Crippen LogP contribution in [0.4, 0.5) is 5.82 Å². The van der Waals surface area contributed by atoms with Gasteiger partial charge in [0.15, 0.2) is 0 Å². The van der Waals surface area contributed by atoms with Gasteiger partial charge < -0.3 is 5.73 Å². The maximum absolute atomic E-state index is 10.8. The Morgan fingerprint density at radius 1 is 1.27 bits per heavy atom. The van der Waals surface area contributed by atoms with Gasteiger partial charge in [0.05, 0.1) is 11.1 Å². The molecule has 4 nitrogen and oxygen atoms in total. The number of nitrogens with zero attached hydrogens (tertiary/aromatic N) is 1. The fourth-order valence-electron chi connectivity index (χ4n) is 1.09. The van der Waals surface area contributed by atoms with Gasteiger partial charge in [-0.1, -0.05) is 30.0 Å². The van der Waals surface area contributed by atoms with Gasteiger partial charge in [-0.3, -0.25) is 4.98 Å². The van der Waals surface area contributed by atoms with Gasteiger partial charge in [-0.25, -0.2) is 9.78 Å². The van der Waals surface area contributed by atoms with Crippen LogP contribution in [0.25, 0.3) is 0 Å². The molecule has 76 valence electrons. The van der Waals surface area contributed by atoms with Crippen LogP contribution in [-0.2, 0) is 0 Å². The highest BCUT2D eigenvalue weighted by atomic mass is 32.2. The van der Waals surface area contributed by atoms with E-state index in [1.54, 1.807) is 0 Å². The Morgan fingerprint density at radius 2 is 2.00 bits per heavy atom. The average Bonchev–Trinajstić information content (AvgIpc) is 2.24. The van der Waals surface area contributed by atoms with Gasteiger partial charge in [-0.05, 0) is 12.1 Å². The number of nitrogen functional groups attached to an aromatic ring is 1. The summed E-state index contributed by atoms with van der Waals surface area (Å²) in [7, 11) is 0. The molecule has 0 amide bonds. The highest BCUT2D eigenvalue weighted by Gasteiger charge is 2.02. The van der Waals surface area contributed by atoms with Gasteiger partial charge in [-0.2, -0.15) is 0 Å². The molecule has 1 aromatic heterocycles. The molecule has 0 aliphatic heterocycles. The molecule has 1 heterocycles. The third-order valence-electron chi connectivity index (χ3n) is 1.78. The maximum Gasteiger partial charge on any atom is 0.346 e. The van der Waals surface area contributed by atoms with Gasteiger partial charge in [-0.15, -0.1) is 0 Å². The molecule has 0 saturated heterocycles. The van der Waals surface area contributed by atoms with E-state index >= 15 is 0 Å². The second-order valence-corrected chi connectivity index (χ2v) is 4.00. The number of hydrogen-bond donors (Lipinski definition) is 2. The minimum absolute atomic E-state index is 0.351. The summed E-state index contributed by atoms with van der Waals surface area (Å²) in [5.74, 6) is 0.351. The van der Waals surface area contributed by atoms with Gasteiger partial charge in [0.1, 0.15) is 5.82 Å². The van der Waals surface area contributed by atoms with E-state index in [9.17, 15) is 4.79 Å². The van der Waals surface area contributed by atoms with Crippen molar-refractivity contribution in [2.45, 2.75) is 9.79 Å². The smallest absolute Gasteiger partial charge is 0.346 e. The molecule has 0 saturated carbocycles. The van der Waals surface area contributed by atoms with Crippen molar-refractivity contribution in [1.82, 2.24) is 9.97 Å². The van der Waals surface area contributed by atoms with Crippen molar-refractivity contribution in [3.63, 3.8) is 0 Å². The summed E-state index contributed by atoms with van der Waals surface area (Å²) in [6.45, 7) is 0. The van der Waals surface area contributed by atoms with E-state index in [2.05, 4.69) is 9.97 Å². The lowest BCUT2D eigenvalue weighted by molar-refractivity contribution is 1.04. The number of nitrogens with two attached hydrogens (primary N) is 1. The SMILES string of the molecule is Nc1[nH]c(=O)ncc1Sc1ccccc1. The number of nitrogens with one attached hydrogen (secondary N) is 1. The van der Waals surface area contributed by atoms with E-state index in [-0.39, 0.29) is 0 Å². The van der Waals surface area contributed by atoms with E-state index in [0.29, 0.717) is 5.82 Å². The van der Waals surface area contributed by atoms with Crippen molar-refractivity contribution in [3.05, 3.63) is 47.0 Å². The molecule has 2 rings (SSSR count). The van der Waals surface area contributed by atoms with Crippen molar-refractivity contribution < 1.29 is 0 Å². The zero-order chi connectivity index (χ0) is 10.7. The number of aromatic nitrogens is 2. The molecule has 0 fully saturated rings. The zero-order valence-corrected chi connectivity index (χ0v) is 8.62. The second kappa shape index (κ2) is 4.18. The molecule has 5 heteroatoms. The first-order chi connectivity index (χ1) is 7.25. The first-order valence-corrected chi connectivity index (χ1v) is 5.15. The minimum atomic E-state index is -0.426. The molecule has 0 aliphatic carbocycles. The fraction of sp³-hybridized carbons (Fsp3) is 0. The summed E-state index contributed by atoms with van der Waals surface area (Å²) in [6.07, 6.45) is 1.48. The Labute approximate surface area is 90.6 Å². The van der Waals surface area contributed by atoms with Gasteiger partial charge in [0.25, 0.3) is 0 Å². The number of hydrogen-bond acceptors (Lipinski definition) is 4. The predicted octanol–water partition coefficient (Wildman–Crippen LogP) is 1.50. The van der Waals surface area contributed by atoms with Gasteiger partial charge >= 0.3 is 5.69 Å². The standard InChI is InChI=1S/C10H9N3OS/c11-9-8(6-12-10(14)13-9)15-7-4-2-1-3-5-7/h1-6H,(H3,11,12,13,14). The highest BCUT2D eigenvalue weighted by Crippen LogP contribution is 2.28. The van der Waals surface area contributed by atoms with Crippen molar-refractivity contribution >= 4 is 17.6 Å². The molecule has 0 aliphatic rings. The summed E-state index contributed by atoms with van der Waals surface area (Å²) in [4.78, 5) is 18.7. The Morgan fingerprint density at radius 3 is 2.67 bits per heavy atom. The molecular weight excluding hydrogens is 210 g/mol. The van der Waals surface area contributed by atoms with Crippen molar-refractivity contribution in [1.29, 1.82) is 0 Å². The Hall–Kier alpha value is -1.75. The molecule has 0 atom stereocenters. The molecule has 0 unspecified atom stereocenters. The average molecular weight is 219 g/mol. The maximum atomic E-state index is 10.8. The lowest BCUT2D eigenvalue weighted by Crippen LogP contribution is -2.12. The van der Waals surface area contributed by atoms with E-state index < -0.39 is 5.69 Å². The number of benzene rings is 1. The largest absolute Gasteiger partial charge is 0.384 e. The van der Waals surface area contributed by atoms with E-state index in [0.717, 1.165) is 9.79 Å². The minimum Gasteiger partial charge on any atom is -0.384 e.